The quantitative estimate of drug-likeness (QED) is 0.139. The lowest BCUT2D eigenvalue weighted by Crippen LogP contribution is -2.35. The zero-order chi connectivity index (χ0) is 13.4. The van der Waals surface area contributed by atoms with Crippen LogP contribution in [0.15, 0.2) is 0 Å². The third kappa shape index (κ3) is 31.4. The summed E-state index contributed by atoms with van der Waals surface area (Å²) in [5.74, 6) is 0. The summed E-state index contributed by atoms with van der Waals surface area (Å²) in [5, 5.41) is 9.71. The Morgan fingerprint density at radius 1 is 0.824 bits per heavy atom. The minimum Gasteiger partial charge on any atom is -0.385 e. The van der Waals surface area contributed by atoms with Gasteiger partial charge in [0.2, 0.25) is 0 Å². The van der Waals surface area contributed by atoms with Crippen molar-refractivity contribution in [2.45, 2.75) is 0 Å². The Kier molecular flexibility index (Phi) is 21.0. The fourth-order valence-electron chi connectivity index (χ4n) is 0.933. The fraction of sp³-hybridized carbons (Fsp3) is 0.889. The number of hydrogen-bond acceptors (Lipinski definition) is 6. The number of nitrogens with one attached hydrogen (secondary N) is 3. The summed E-state index contributed by atoms with van der Waals surface area (Å²) in [6.45, 7) is 7.15. The normalized spacial score (nSPS) is 9.59. The van der Waals surface area contributed by atoms with Crippen molar-refractivity contribution in [2.75, 3.05) is 52.4 Å². The van der Waals surface area contributed by atoms with Gasteiger partial charge in [0.05, 0.1) is 0 Å². The summed E-state index contributed by atoms with van der Waals surface area (Å²) in [6, 6.07) is 0. The number of thiol groups is 1. The largest absolute Gasteiger partial charge is 0.385 e. The standard InChI is InChI=1S/C8H23N5.CH3NS2/c9-1-3-11-5-7-13-8-6-12-4-2-10;2-1(3)4/h11-13H,1-10H2;(H3,2,3,4). The molecule has 0 aliphatic heterocycles. The molecule has 0 aromatic rings. The Labute approximate surface area is 115 Å². The first-order valence-electron chi connectivity index (χ1n) is 5.65. The molecule has 0 saturated heterocycles. The summed E-state index contributed by atoms with van der Waals surface area (Å²) in [4.78, 5) is 0. The third-order valence-electron chi connectivity index (χ3n) is 1.60. The van der Waals surface area contributed by atoms with E-state index in [1.807, 2.05) is 0 Å². The van der Waals surface area contributed by atoms with Gasteiger partial charge in [0, 0.05) is 52.4 Å². The third-order valence-corrected chi connectivity index (χ3v) is 1.60. The maximum atomic E-state index is 5.32. The predicted octanol–water partition coefficient (Wildman–Crippen LogP) is -2.17. The molecule has 0 bridgehead atoms. The molecule has 0 aliphatic rings. The smallest absolute Gasteiger partial charge is 0.128 e. The van der Waals surface area contributed by atoms with E-state index in [4.69, 9.17) is 17.2 Å². The van der Waals surface area contributed by atoms with Crippen LogP contribution >= 0.6 is 24.8 Å². The van der Waals surface area contributed by atoms with Crippen LogP contribution in [0.25, 0.3) is 0 Å². The van der Waals surface area contributed by atoms with Crippen molar-refractivity contribution in [2.24, 2.45) is 17.2 Å². The molecule has 104 valence electrons. The van der Waals surface area contributed by atoms with Gasteiger partial charge < -0.3 is 33.2 Å². The van der Waals surface area contributed by atoms with Crippen LogP contribution in [0.4, 0.5) is 0 Å². The monoisotopic (exact) mass is 282 g/mol. The number of nitrogens with two attached hydrogens (primary N) is 3. The van der Waals surface area contributed by atoms with E-state index in [9.17, 15) is 0 Å². The van der Waals surface area contributed by atoms with Crippen molar-refractivity contribution < 1.29 is 0 Å². The second kappa shape index (κ2) is 18.4. The number of thiocarbonyl (C=S) groups is 1. The Hall–Kier alpha value is 0.0400. The van der Waals surface area contributed by atoms with Gasteiger partial charge in [0.15, 0.2) is 0 Å². The summed E-state index contributed by atoms with van der Waals surface area (Å²) in [5.41, 5.74) is 15.3. The van der Waals surface area contributed by atoms with Gasteiger partial charge in [-0.3, -0.25) is 0 Å². The molecule has 0 spiro atoms. The summed E-state index contributed by atoms with van der Waals surface area (Å²) < 4.78 is 0.194. The predicted molar refractivity (Wildman–Crippen MR) is 82.5 cm³/mol. The van der Waals surface area contributed by atoms with E-state index in [-0.39, 0.29) is 4.32 Å². The van der Waals surface area contributed by atoms with E-state index in [1.165, 1.54) is 0 Å². The van der Waals surface area contributed by atoms with Gasteiger partial charge in [-0.05, 0) is 0 Å². The lowest BCUT2D eigenvalue weighted by Gasteiger charge is -2.06. The molecule has 0 atom stereocenters. The Morgan fingerprint density at radius 3 is 1.29 bits per heavy atom. The molecule has 0 aromatic heterocycles. The van der Waals surface area contributed by atoms with Gasteiger partial charge in [-0.1, -0.05) is 12.2 Å². The lowest BCUT2D eigenvalue weighted by atomic mass is 10.5. The number of hydrogen-bond donors (Lipinski definition) is 7. The highest BCUT2D eigenvalue weighted by Gasteiger charge is 1.87. The Balaban J connectivity index is 0. The molecule has 8 heteroatoms. The molecular weight excluding hydrogens is 256 g/mol. The van der Waals surface area contributed by atoms with E-state index < -0.39 is 0 Å². The minimum absolute atomic E-state index is 0.194. The summed E-state index contributed by atoms with van der Waals surface area (Å²) in [7, 11) is 0. The minimum atomic E-state index is 0.194. The molecule has 0 aromatic carbocycles. The molecule has 0 aliphatic carbocycles. The lowest BCUT2D eigenvalue weighted by molar-refractivity contribution is 0.586. The van der Waals surface area contributed by atoms with Crippen molar-refractivity contribution in [3.05, 3.63) is 0 Å². The summed E-state index contributed by atoms with van der Waals surface area (Å²) in [6.07, 6.45) is 0. The molecule has 9 N–H and O–H groups in total. The molecule has 0 unspecified atom stereocenters. The van der Waals surface area contributed by atoms with Crippen LogP contribution in [0.3, 0.4) is 0 Å². The zero-order valence-corrected chi connectivity index (χ0v) is 12.0. The fourth-order valence-corrected chi connectivity index (χ4v) is 0.933. The highest BCUT2D eigenvalue weighted by atomic mass is 32.1. The molecule has 0 radical (unpaired) electrons. The van der Waals surface area contributed by atoms with Gasteiger partial charge in [-0.25, -0.2) is 0 Å². The maximum Gasteiger partial charge on any atom is 0.128 e. The van der Waals surface area contributed by atoms with Gasteiger partial charge in [0.1, 0.15) is 4.32 Å². The summed E-state index contributed by atoms with van der Waals surface area (Å²) >= 11 is 7.65. The average molecular weight is 282 g/mol. The zero-order valence-electron chi connectivity index (χ0n) is 10.2. The molecule has 0 fully saturated rings. The van der Waals surface area contributed by atoms with Crippen molar-refractivity contribution in [3.63, 3.8) is 0 Å². The first-order valence-corrected chi connectivity index (χ1v) is 6.51. The second-order valence-corrected chi connectivity index (χ2v) is 4.39. The highest BCUT2D eigenvalue weighted by molar-refractivity contribution is 8.10. The first-order chi connectivity index (χ1) is 8.15. The topological polar surface area (TPSA) is 114 Å². The average Bonchev–Trinajstić information content (AvgIpc) is 2.26. The van der Waals surface area contributed by atoms with Crippen LogP contribution in [0, 0.1) is 0 Å². The Morgan fingerprint density at radius 2 is 1.06 bits per heavy atom. The second-order valence-electron chi connectivity index (χ2n) is 3.17. The van der Waals surface area contributed by atoms with Crippen LogP contribution in [0.2, 0.25) is 0 Å². The van der Waals surface area contributed by atoms with Crippen LogP contribution in [-0.2, 0) is 0 Å². The van der Waals surface area contributed by atoms with Crippen LogP contribution in [-0.4, -0.2) is 56.7 Å². The SMILES string of the molecule is NC(=S)S.NCCNCCNCCNCCN. The van der Waals surface area contributed by atoms with Gasteiger partial charge in [-0.15, -0.1) is 12.6 Å². The Bertz CT molecular complexity index is 144. The molecule has 17 heavy (non-hydrogen) atoms. The molecule has 0 amide bonds. The van der Waals surface area contributed by atoms with Crippen LogP contribution in [0.5, 0.6) is 0 Å². The molecule has 0 saturated carbocycles. The van der Waals surface area contributed by atoms with Crippen molar-refractivity contribution >= 4 is 29.2 Å². The molecule has 0 rings (SSSR count). The van der Waals surface area contributed by atoms with Crippen molar-refractivity contribution in [1.82, 2.24) is 16.0 Å². The van der Waals surface area contributed by atoms with Crippen molar-refractivity contribution in [3.8, 4) is 0 Å². The number of rotatable bonds is 10. The van der Waals surface area contributed by atoms with Crippen LogP contribution < -0.4 is 33.2 Å². The van der Waals surface area contributed by atoms with E-state index in [2.05, 4.69) is 40.8 Å². The maximum absolute atomic E-state index is 5.32. The van der Waals surface area contributed by atoms with Gasteiger partial charge >= 0.3 is 0 Å². The molecule has 6 nitrogen and oxygen atoms in total. The van der Waals surface area contributed by atoms with E-state index >= 15 is 0 Å². The van der Waals surface area contributed by atoms with Crippen LogP contribution in [0.1, 0.15) is 0 Å². The molecular formula is C9H26N6S2. The van der Waals surface area contributed by atoms with E-state index in [0.29, 0.717) is 13.1 Å². The van der Waals surface area contributed by atoms with Gasteiger partial charge in [0.25, 0.3) is 0 Å². The van der Waals surface area contributed by atoms with E-state index in [1.54, 1.807) is 0 Å². The molecule has 0 heterocycles. The van der Waals surface area contributed by atoms with Gasteiger partial charge in [-0.2, -0.15) is 0 Å². The van der Waals surface area contributed by atoms with E-state index in [0.717, 1.165) is 39.3 Å². The first kappa shape index (κ1) is 19.4. The highest BCUT2D eigenvalue weighted by Crippen LogP contribution is 1.63. The van der Waals surface area contributed by atoms with Crippen molar-refractivity contribution in [1.29, 1.82) is 0 Å².